The van der Waals surface area contributed by atoms with Crippen LogP contribution >= 0.6 is 0 Å². The van der Waals surface area contributed by atoms with Gasteiger partial charge >= 0.3 is 6.09 Å². The third-order valence-electron chi connectivity index (χ3n) is 2.01. The Morgan fingerprint density at radius 3 is 2.50 bits per heavy atom. The van der Waals surface area contributed by atoms with E-state index in [9.17, 15) is 18.4 Å². The number of ether oxygens (including phenoxy) is 1. The van der Waals surface area contributed by atoms with Gasteiger partial charge in [0.25, 0.3) is 5.92 Å². The predicted octanol–water partition coefficient (Wildman–Crippen LogP) is 2.18. The Bertz CT molecular complexity index is 310. The second kappa shape index (κ2) is 3.99. The molecular weight excluding hydrogens is 220 g/mol. The van der Waals surface area contributed by atoms with E-state index in [0.29, 0.717) is 4.90 Å². The average Bonchev–Trinajstić information content (AvgIpc) is 2.06. The highest BCUT2D eigenvalue weighted by atomic mass is 19.3. The Kier molecular flexibility index (Phi) is 3.21. The average molecular weight is 235 g/mol. The summed E-state index contributed by atoms with van der Waals surface area (Å²) in [6, 6.07) is 0. The van der Waals surface area contributed by atoms with E-state index >= 15 is 0 Å². The number of rotatable bonds is 0. The summed E-state index contributed by atoms with van der Waals surface area (Å²) in [4.78, 5) is 23.2. The van der Waals surface area contributed by atoms with E-state index in [1.54, 1.807) is 20.8 Å². The molecule has 1 heterocycles. The van der Waals surface area contributed by atoms with Gasteiger partial charge in [0.1, 0.15) is 5.60 Å². The second-order valence-electron chi connectivity index (χ2n) is 4.82. The molecule has 0 radical (unpaired) electrons. The van der Waals surface area contributed by atoms with Crippen molar-refractivity contribution in [1.82, 2.24) is 4.90 Å². The van der Waals surface area contributed by atoms with Gasteiger partial charge in [-0.15, -0.1) is 0 Å². The van der Waals surface area contributed by atoms with Crippen LogP contribution in [0.5, 0.6) is 0 Å². The first-order valence-electron chi connectivity index (χ1n) is 5.02. The zero-order chi connectivity index (χ0) is 12.6. The standard InChI is InChI=1S/C10H15F2NO3/c1-9(2,3)16-8(15)13-6-10(11,12)5-4-7(13)14/h4-6H2,1-3H3. The van der Waals surface area contributed by atoms with Gasteiger partial charge in [0, 0.05) is 12.8 Å². The Balaban J connectivity index is 2.71. The number of carbonyl (C=O) groups is 2. The van der Waals surface area contributed by atoms with Crippen LogP contribution in [0.3, 0.4) is 0 Å². The molecule has 0 spiro atoms. The van der Waals surface area contributed by atoms with E-state index in [1.165, 1.54) is 0 Å². The summed E-state index contributed by atoms with van der Waals surface area (Å²) in [5, 5.41) is 0. The third-order valence-corrected chi connectivity index (χ3v) is 2.01. The summed E-state index contributed by atoms with van der Waals surface area (Å²) in [6.45, 7) is 3.94. The minimum atomic E-state index is -3.01. The third kappa shape index (κ3) is 3.43. The lowest BCUT2D eigenvalue weighted by Crippen LogP contribution is -2.50. The van der Waals surface area contributed by atoms with Gasteiger partial charge in [-0.1, -0.05) is 0 Å². The fourth-order valence-electron chi connectivity index (χ4n) is 1.31. The van der Waals surface area contributed by atoms with Crippen LogP contribution in [0, 0.1) is 0 Å². The van der Waals surface area contributed by atoms with Crippen molar-refractivity contribution in [2.75, 3.05) is 6.54 Å². The summed E-state index contributed by atoms with van der Waals surface area (Å²) in [6.07, 6.45) is -1.84. The first-order valence-corrected chi connectivity index (χ1v) is 5.02. The van der Waals surface area contributed by atoms with Gasteiger partial charge in [-0.3, -0.25) is 4.79 Å². The van der Waals surface area contributed by atoms with Crippen molar-refractivity contribution in [1.29, 1.82) is 0 Å². The molecule has 1 fully saturated rings. The van der Waals surface area contributed by atoms with E-state index in [1.807, 2.05) is 0 Å². The molecule has 6 heteroatoms. The van der Waals surface area contributed by atoms with Crippen LogP contribution in [0.4, 0.5) is 13.6 Å². The number of hydrogen-bond donors (Lipinski definition) is 0. The second-order valence-corrected chi connectivity index (χ2v) is 4.82. The summed E-state index contributed by atoms with van der Waals surface area (Å²) in [7, 11) is 0. The van der Waals surface area contributed by atoms with E-state index in [2.05, 4.69) is 0 Å². The smallest absolute Gasteiger partial charge is 0.417 e. The van der Waals surface area contributed by atoms with Crippen LogP contribution in [0.1, 0.15) is 33.6 Å². The van der Waals surface area contributed by atoms with Crippen LogP contribution in [0.2, 0.25) is 0 Å². The predicted molar refractivity (Wildman–Crippen MR) is 52.1 cm³/mol. The van der Waals surface area contributed by atoms with Crippen LogP contribution in [-0.4, -0.2) is 35.0 Å². The van der Waals surface area contributed by atoms with Crippen molar-refractivity contribution in [2.45, 2.75) is 45.1 Å². The molecule has 0 aromatic heterocycles. The molecule has 2 amide bonds. The number of hydrogen-bond acceptors (Lipinski definition) is 3. The molecule has 4 nitrogen and oxygen atoms in total. The summed E-state index contributed by atoms with van der Waals surface area (Å²) in [5.41, 5.74) is -0.801. The molecular formula is C10H15F2NO3. The summed E-state index contributed by atoms with van der Waals surface area (Å²) in [5.74, 6) is -3.62. The maximum absolute atomic E-state index is 13.0. The van der Waals surface area contributed by atoms with Crippen molar-refractivity contribution < 1.29 is 23.1 Å². The van der Waals surface area contributed by atoms with E-state index in [4.69, 9.17) is 4.74 Å². The summed E-state index contributed by atoms with van der Waals surface area (Å²) >= 11 is 0. The highest BCUT2D eigenvalue weighted by Crippen LogP contribution is 2.28. The van der Waals surface area contributed by atoms with Gasteiger partial charge in [-0.2, -0.15) is 0 Å². The topological polar surface area (TPSA) is 46.6 Å². The molecule has 1 aliphatic heterocycles. The number of carbonyl (C=O) groups excluding carboxylic acids is 2. The van der Waals surface area contributed by atoms with Gasteiger partial charge < -0.3 is 4.74 Å². The lowest BCUT2D eigenvalue weighted by atomic mass is 10.1. The first-order chi connectivity index (χ1) is 7.11. The number of imide groups is 1. The Hall–Kier alpha value is -1.20. The molecule has 0 N–H and O–H groups in total. The minimum Gasteiger partial charge on any atom is -0.443 e. The van der Waals surface area contributed by atoms with Crippen LogP contribution in [0.25, 0.3) is 0 Å². The molecule has 0 aromatic rings. The number of piperidine rings is 1. The van der Waals surface area contributed by atoms with Gasteiger partial charge in [0.2, 0.25) is 5.91 Å². The Morgan fingerprint density at radius 1 is 1.44 bits per heavy atom. The number of alkyl halides is 2. The maximum atomic E-state index is 13.0. The van der Waals surface area contributed by atoms with Crippen molar-refractivity contribution in [3.05, 3.63) is 0 Å². The van der Waals surface area contributed by atoms with Gasteiger partial charge in [0.15, 0.2) is 0 Å². The van der Waals surface area contributed by atoms with Crippen LogP contribution < -0.4 is 0 Å². The molecule has 0 atom stereocenters. The molecule has 0 saturated carbocycles. The lowest BCUT2D eigenvalue weighted by molar-refractivity contribution is -0.145. The molecule has 1 aliphatic rings. The zero-order valence-electron chi connectivity index (χ0n) is 9.55. The zero-order valence-corrected chi connectivity index (χ0v) is 9.55. The van der Waals surface area contributed by atoms with Crippen molar-refractivity contribution in [2.24, 2.45) is 0 Å². The van der Waals surface area contributed by atoms with E-state index < -0.39 is 36.5 Å². The maximum Gasteiger partial charge on any atom is 0.417 e. The fourth-order valence-corrected chi connectivity index (χ4v) is 1.31. The molecule has 0 aromatic carbocycles. The molecule has 0 unspecified atom stereocenters. The molecule has 1 saturated heterocycles. The number of amides is 2. The first kappa shape index (κ1) is 12.9. The van der Waals surface area contributed by atoms with E-state index in [0.717, 1.165) is 0 Å². The van der Waals surface area contributed by atoms with Gasteiger partial charge in [0.05, 0.1) is 6.54 Å². The highest BCUT2D eigenvalue weighted by Gasteiger charge is 2.42. The number of likely N-dealkylation sites (tertiary alicyclic amines) is 1. The molecule has 0 aliphatic carbocycles. The largest absolute Gasteiger partial charge is 0.443 e. The van der Waals surface area contributed by atoms with Gasteiger partial charge in [-0.05, 0) is 20.8 Å². The van der Waals surface area contributed by atoms with Gasteiger partial charge in [-0.25, -0.2) is 18.5 Å². The highest BCUT2D eigenvalue weighted by molar-refractivity contribution is 5.92. The van der Waals surface area contributed by atoms with Crippen molar-refractivity contribution in [3.8, 4) is 0 Å². The molecule has 92 valence electrons. The van der Waals surface area contributed by atoms with Crippen molar-refractivity contribution >= 4 is 12.0 Å². The monoisotopic (exact) mass is 235 g/mol. The summed E-state index contributed by atoms with van der Waals surface area (Å²) < 4.78 is 30.9. The Morgan fingerprint density at radius 2 is 2.00 bits per heavy atom. The van der Waals surface area contributed by atoms with Crippen LogP contribution in [-0.2, 0) is 9.53 Å². The molecule has 16 heavy (non-hydrogen) atoms. The van der Waals surface area contributed by atoms with E-state index in [-0.39, 0.29) is 6.42 Å². The number of halogens is 2. The fraction of sp³-hybridized carbons (Fsp3) is 0.800. The Labute approximate surface area is 92.5 Å². The van der Waals surface area contributed by atoms with Crippen molar-refractivity contribution in [3.63, 3.8) is 0 Å². The minimum absolute atomic E-state index is 0.327. The quantitative estimate of drug-likeness (QED) is 0.646. The molecule has 0 bridgehead atoms. The van der Waals surface area contributed by atoms with Crippen LogP contribution in [0.15, 0.2) is 0 Å². The normalized spacial score (nSPS) is 20.8. The lowest BCUT2D eigenvalue weighted by Gasteiger charge is -2.32. The molecule has 1 rings (SSSR count). The SMILES string of the molecule is CC(C)(C)OC(=O)N1CC(F)(F)CCC1=O. The number of nitrogens with zero attached hydrogens (tertiary/aromatic N) is 1.